The highest BCUT2D eigenvalue weighted by atomic mass is 32.2. The molecule has 2 aromatic heterocycles. The Bertz CT molecular complexity index is 614. The minimum atomic E-state index is -0.156. The zero-order chi connectivity index (χ0) is 14.4. The molecule has 0 amide bonds. The van der Waals surface area contributed by atoms with E-state index in [2.05, 4.69) is 34.1 Å². The van der Waals surface area contributed by atoms with E-state index in [0.717, 1.165) is 18.0 Å². The smallest absolute Gasteiger partial charge is 0.251 e. The summed E-state index contributed by atoms with van der Waals surface area (Å²) in [6.45, 7) is 5.26. The van der Waals surface area contributed by atoms with E-state index in [9.17, 15) is 4.79 Å². The van der Waals surface area contributed by atoms with Gasteiger partial charge in [0, 0.05) is 24.5 Å². The lowest BCUT2D eigenvalue weighted by Gasteiger charge is -2.14. The molecule has 2 rings (SSSR count). The maximum atomic E-state index is 11.2. The molecule has 6 heteroatoms. The molecule has 1 unspecified atom stereocenters. The molecule has 0 aliphatic rings. The molecule has 5 nitrogen and oxygen atoms in total. The van der Waals surface area contributed by atoms with E-state index >= 15 is 0 Å². The molecule has 0 saturated heterocycles. The number of hydrogen-bond donors (Lipinski definition) is 2. The molecular formula is C14H18N4OS. The van der Waals surface area contributed by atoms with Crippen molar-refractivity contribution in [3.63, 3.8) is 0 Å². The van der Waals surface area contributed by atoms with Crippen LogP contribution in [0.4, 0.5) is 0 Å². The highest BCUT2D eigenvalue weighted by Crippen LogP contribution is 2.24. The van der Waals surface area contributed by atoms with Crippen LogP contribution in [0.5, 0.6) is 0 Å². The third-order valence-electron chi connectivity index (χ3n) is 2.81. The van der Waals surface area contributed by atoms with Crippen LogP contribution in [0.3, 0.4) is 0 Å². The van der Waals surface area contributed by atoms with Gasteiger partial charge in [0.15, 0.2) is 5.16 Å². The van der Waals surface area contributed by atoms with Crippen molar-refractivity contribution in [3.05, 3.63) is 46.5 Å². The summed E-state index contributed by atoms with van der Waals surface area (Å²) >= 11 is 1.35. The molecule has 0 bridgehead atoms. The van der Waals surface area contributed by atoms with Gasteiger partial charge in [-0.2, -0.15) is 0 Å². The molecule has 0 aliphatic heterocycles. The number of rotatable bonds is 6. The van der Waals surface area contributed by atoms with Gasteiger partial charge in [0.05, 0.1) is 0 Å². The average Bonchev–Trinajstić information content (AvgIpc) is 2.45. The molecule has 0 aromatic carbocycles. The number of nitrogens with one attached hydrogen (secondary N) is 2. The number of nitrogens with zero attached hydrogens (tertiary/aromatic N) is 2. The Hall–Kier alpha value is -1.66. The standard InChI is InChI=1S/C14H18N4OS/c1-3-6-15-10(2)11-4-7-16-13(9-11)20-14-17-8-5-12(19)18-14/h4-5,7-10,15H,3,6H2,1-2H3,(H,17,18,19). The fraction of sp³-hybridized carbons (Fsp3) is 0.357. The molecule has 2 heterocycles. The first-order valence-corrected chi connectivity index (χ1v) is 7.43. The fourth-order valence-corrected chi connectivity index (χ4v) is 2.50. The summed E-state index contributed by atoms with van der Waals surface area (Å²) in [5, 5.41) is 4.81. The molecule has 0 radical (unpaired) electrons. The van der Waals surface area contributed by atoms with Gasteiger partial charge in [-0.15, -0.1) is 0 Å². The lowest BCUT2D eigenvalue weighted by atomic mass is 10.1. The third-order valence-corrected chi connectivity index (χ3v) is 3.64. The van der Waals surface area contributed by atoms with Gasteiger partial charge in [0.2, 0.25) is 0 Å². The second kappa shape index (κ2) is 7.21. The van der Waals surface area contributed by atoms with Crippen LogP contribution in [-0.2, 0) is 0 Å². The first-order chi connectivity index (χ1) is 9.69. The number of hydrogen-bond acceptors (Lipinski definition) is 5. The van der Waals surface area contributed by atoms with Crippen LogP contribution in [0.1, 0.15) is 31.9 Å². The van der Waals surface area contributed by atoms with Crippen molar-refractivity contribution >= 4 is 11.8 Å². The number of aromatic amines is 1. The van der Waals surface area contributed by atoms with Crippen molar-refractivity contribution in [1.82, 2.24) is 20.3 Å². The van der Waals surface area contributed by atoms with Gasteiger partial charge in [-0.25, -0.2) is 9.97 Å². The van der Waals surface area contributed by atoms with E-state index in [1.807, 2.05) is 12.1 Å². The van der Waals surface area contributed by atoms with Crippen molar-refractivity contribution < 1.29 is 0 Å². The average molecular weight is 290 g/mol. The molecule has 0 fully saturated rings. The molecule has 0 saturated carbocycles. The van der Waals surface area contributed by atoms with Gasteiger partial charge in [-0.1, -0.05) is 6.92 Å². The van der Waals surface area contributed by atoms with Crippen LogP contribution < -0.4 is 10.9 Å². The Morgan fingerprint density at radius 3 is 2.90 bits per heavy atom. The number of pyridine rings is 1. The zero-order valence-corrected chi connectivity index (χ0v) is 12.4. The minimum absolute atomic E-state index is 0.156. The quantitative estimate of drug-likeness (QED) is 0.799. The van der Waals surface area contributed by atoms with Crippen molar-refractivity contribution in [1.29, 1.82) is 0 Å². The van der Waals surface area contributed by atoms with E-state index in [-0.39, 0.29) is 11.6 Å². The van der Waals surface area contributed by atoms with E-state index in [4.69, 9.17) is 0 Å². The Morgan fingerprint density at radius 2 is 2.15 bits per heavy atom. The first-order valence-electron chi connectivity index (χ1n) is 6.61. The highest BCUT2D eigenvalue weighted by Gasteiger charge is 2.07. The molecule has 1 atom stereocenters. The predicted molar refractivity (Wildman–Crippen MR) is 79.9 cm³/mol. The Morgan fingerprint density at radius 1 is 1.35 bits per heavy atom. The van der Waals surface area contributed by atoms with Crippen LogP contribution in [0, 0.1) is 0 Å². The topological polar surface area (TPSA) is 70.7 Å². The fourth-order valence-electron chi connectivity index (χ4n) is 1.73. The summed E-state index contributed by atoms with van der Waals surface area (Å²) in [5.74, 6) is 0. The molecule has 20 heavy (non-hydrogen) atoms. The molecule has 0 spiro atoms. The number of aromatic nitrogens is 3. The largest absolute Gasteiger partial charge is 0.310 e. The minimum Gasteiger partial charge on any atom is -0.310 e. The Kier molecular flexibility index (Phi) is 5.31. The molecule has 106 valence electrons. The monoisotopic (exact) mass is 290 g/mol. The normalized spacial score (nSPS) is 12.3. The van der Waals surface area contributed by atoms with Crippen molar-refractivity contribution in [2.24, 2.45) is 0 Å². The van der Waals surface area contributed by atoms with Gasteiger partial charge in [-0.3, -0.25) is 4.79 Å². The van der Waals surface area contributed by atoms with Gasteiger partial charge < -0.3 is 10.3 Å². The van der Waals surface area contributed by atoms with Gasteiger partial charge in [-0.05, 0) is 49.3 Å². The maximum Gasteiger partial charge on any atom is 0.251 e. The molecule has 2 aromatic rings. The predicted octanol–water partition coefficient (Wildman–Crippen LogP) is 2.38. The van der Waals surface area contributed by atoms with Crippen molar-refractivity contribution in [2.45, 2.75) is 36.5 Å². The lowest BCUT2D eigenvalue weighted by Crippen LogP contribution is -2.19. The second-order valence-electron chi connectivity index (χ2n) is 4.44. The summed E-state index contributed by atoms with van der Waals surface area (Å²) in [5.41, 5.74) is 1.02. The van der Waals surface area contributed by atoms with Crippen molar-refractivity contribution in [2.75, 3.05) is 6.54 Å². The first kappa shape index (κ1) is 14.7. The Balaban J connectivity index is 2.11. The summed E-state index contributed by atoms with van der Waals surface area (Å²) in [6.07, 6.45) is 4.38. The van der Waals surface area contributed by atoms with E-state index in [1.54, 1.807) is 6.20 Å². The highest BCUT2D eigenvalue weighted by molar-refractivity contribution is 7.99. The lowest BCUT2D eigenvalue weighted by molar-refractivity contribution is 0.569. The van der Waals surface area contributed by atoms with Gasteiger partial charge in [0.25, 0.3) is 5.56 Å². The zero-order valence-electron chi connectivity index (χ0n) is 11.6. The number of H-pyrrole nitrogens is 1. The summed E-state index contributed by atoms with van der Waals surface area (Å²) < 4.78 is 0. The molecule has 0 aliphatic carbocycles. The SMILES string of the molecule is CCCNC(C)c1ccnc(Sc2nccc(=O)[nH]2)c1. The van der Waals surface area contributed by atoms with E-state index in [1.165, 1.54) is 29.6 Å². The van der Waals surface area contributed by atoms with Crippen LogP contribution in [-0.4, -0.2) is 21.5 Å². The van der Waals surface area contributed by atoms with Crippen LogP contribution in [0.2, 0.25) is 0 Å². The summed E-state index contributed by atoms with van der Waals surface area (Å²) in [6, 6.07) is 5.69. The molecule has 2 N–H and O–H groups in total. The van der Waals surface area contributed by atoms with E-state index in [0.29, 0.717) is 5.16 Å². The summed E-state index contributed by atoms with van der Waals surface area (Å²) in [4.78, 5) is 22.3. The molecular weight excluding hydrogens is 272 g/mol. The van der Waals surface area contributed by atoms with Gasteiger partial charge in [0.1, 0.15) is 5.03 Å². The van der Waals surface area contributed by atoms with Gasteiger partial charge >= 0.3 is 0 Å². The van der Waals surface area contributed by atoms with Crippen LogP contribution in [0.25, 0.3) is 0 Å². The maximum absolute atomic E-state index is 11.2. The van der Waals surface area contributed by atoms with Crippen LogP contribution >= 0.6 is 11.8 Å². The Labute approximate surface area is 122 Å². The van der Waals surface area contributed by atoms with E-state index < -0.39 is 0 Å². The second-order valence-corrected chi connectivity index (χ2v) is 5.45. The third kappa shape index (κ3) is 4.18. The van der Waals surface area contributed by atoms with Crippen molar-refractivity contribution in [3.8, 4) is 0 Å². The summed E-state index contributed by atoms with van der Waals surface area (Å²) in [7, 11) is 0. The van der Waals surface area contributed by atoms with Crippen LogP contribution in [0.15, 0.2) is 45.6 Å².